The number of rotatable bonds is 4. The number of carbonyl (C=O) groups excluding carboxylic acids is 1. The van der Waals surface area contributed by atoms with Crippen molar-refractivity contribution in [1.29, 1.82) is 0 Å². The van der Waals surface area contributed by atoms with Gasteiger partial charge < -0.3 is 10.2 Å². The number of hydrogen-bond acceptors (Lipinski definition) is 5. The van der Waals surface area contributed by atoms with Crippen LogP contribution < -0.4 is 5.32 Å². The second kappa shape index (κ2) is 5.34. The molecule has 1 amide bonds. The van der Waals surface area contributed by atoms with Gasteiger partial charge in [-0.15, -0.1) is 0 Å². The molecule has 0 fully saturated rings. The predicted molar refractivity (Wildman–Crippen MR) is 69.1 cm³/mol. The lowest BCUT2D eigenvalue weighted by atomic mass is 10.3. The van der Waals surface area contributed by atoms with Crippen LogP contribution in [0, 0.1) is 0 Å². The van der Waals surface area contributed by atoms with E-state index >= 15 is 0 Å². The van der Waals surface area contributed by atoms with Crippen LogP contribution in [0.25, 0.3) is 0 Å². The largest absolute Gasteiger partial charge is 0.358 e. The Kier molecular flexibility index (Phi) is 4.28. The van der Waals surface area contributed by atoms with Gasteiger partial charge >= 0.3 is 0 Å². The SMILES string of the molecule is CC(Nc1ncccc1S(C)(=O)=O)C(=O)N(C)C. The number of carbonyl (C=O) groups is 1. The highest BCUT2D eigenvalue weighted by Crippen LogP contribution is 2.18. The number of anilines is 1. The summed E-state index contributed by atoms with van der Waals surface area (Å²) in [5.74, 6) is 0.0443. The molecule has 1 unspecified atom stereocenters. The fraction of sp³-hybridized carbons (Fsp3) is 0.455. The first-order chi connectivity index (χ1) is 8.23. The van der Waals surface area contributed by atoms with Crippen LogP contribution in [-0.2, 0) is 14.6 Å². The van der Waals surface area contributed by atoms with Gasteiger partial charge in [0.05, 0.1) is 0 Å². The highest BCUT2D eigenvalue weighted by Gasteiger charge is 2.19. The van der Waals surface area contributed by atoms with Gasteiger partial charge in [0.25, 0.3) is 0 Å². The number of hydrogen-bond donors (Lipinski definition) is 1. The third-order valence-corrected chi connectivity index (χ3v) is 3.46. The summed E-state index contributed by atoms with van der Waals surface area (Å²) >= 11 is 0. The molecule has 1 heterocycles. The Morgan fingerprint density at radius 1 is 1.44 bits per heavy atom. The summed E-state index contributed by atoms with van der Waals surface area (Å²) in [5, 5.41) is 2.82. The quantitative estimate of drug-likeness (QED) is 0.856. The molecule has 0 aliphatic heterocycles. The predicted octanol–water partition coefficient (Wildman–Crippen LogP) is 0.374. The maximum Gasteiger partial charge on any atom is 0.244 e. The van der Waals surface area contributed by atoms with E-state index in [1.165, 1.54) is 17.2 Å². The van der Waals surface area contributed by atoms with Gasteiger partial charge in [0.1, 0.15) is 16.8 Å². The smallest absolute Gasteiger partial charge is 0.244 e. The molecule has 0 bridgehead atoms. The highest BCUT2D eigenvalue weighted by molar-refractivity contribution is 7.90. The molecule has 0 spiro atoms. The number of aromatic nitrogens is 1. The van der Waals surface area contributed by atoms with Crippen LogP contribution in [0.5, 0.6) is 0 Å². The van der Waals surface area contributed by atoms with E-state index in [0.29, 0.717) is 0 Å². The van der Waals surface area contributed by atoms with Crippen molar-refractivity contribution in [3.05, 3.63) is 18.3 Å². The van der Waals surface area contributed by atoms with E-state index in [1.54, 1.807) is 27.1 Å². The van der Waals surface area contributed by atoms with E-state index in [9.17, 15) is 13.2 Å². The zero-order chi connectivity index (χ0) is 13.9. The monoisotopic (exact) mass is 271 g/mol. The third kappa shape index (κ3) is 3.43. The lowest BCUT2D eigenvalue weighted by molar-refractivity contribution is -0.129. The summed E-state index contributed by atoms with van der Waals surface area (Å²) in [6.07, 6.45) is 2.58. The van der Waals surface area contributed by atoms with E-state index in [2.05, 4.69) is 10.3 Å². The molecule has 6 nitrogen and oxygen atoms in total. The molecule has 0 aromatic carbocycles. The van der Waals surface area contributed by atoms with Gasteiger partial charge in [-0.05, 0) is 19.1 Å². The zero-order valence-electron chi connectivity index (χ0n) is 10.8. The van der Waals surface area contributed by atoms with Gasteiger partial charge in [-0.2, -0.15) is 0 Å². The molecule has 7 heteroatoms. The molecule has 1 aromatic heterocycles. The Morgan fingerprint density at radius 2 is 2.06 bits per heavy atom. The van der Waals surface area contributed by atoms with Gasteiger partial charge in [0.2, 0.25) is 5.91 Å². The van der Waals surface area contributed by atoms with Crippen LogP contribution in [-0.4, -0.2) is 50.6 Å². The summed E-state index contributed by atoms with van der Waals surface area (Å²) < 4.78 is 23.1. The standard InChI is InChI=1S/C11H17N3O3S/c1-8(11(15)14(2)3)13-10-9(18(4,16)17)6-5-7-12-10/h5-8H,1-4H3,(H,12,13). The van der Waals surface area contributed by atoms with Crippen LogP contribution in [0.4, 0.5) is 5.82 Å². The van der Waals surface area contributed by atoms with Gasteiger partial charge in [0, 0.05) is 26.5 Å². The number of sulfone groups is 1. The van der Waals surface area contributed by atoms with Gasteiger partial charge in [0.15, 0.2) is 9.84 Å². The van der Waals surface area contributed by atoms with Crippen molar-refractivity contribution < 1.29 is 13.2 Å². The minimum absolute atomic E-state index is 0.0865. The normalized spacial score (nSPS) is 12.9. The molecule has 0 radical (unpaired) electrons. The Hall–Kier alpha value is -1.63. The Morgan fingerprint density at radius 3 is 2.56 bits per heavy atom. The Balaban J connectivity index is 3.03. The molecule has 0 saturated heterocycles. The minimum atomic E-state index is -3.37. The third-order valence-electron chi connectivity index (χ3n) is 2.33. The molecule has 0 aliphatic rings. The number of pyridine rings is 1. The van der Waals surface area contributed by atoms with Crippen molar-refractivity contribution in [3.63, 3.8) is 0 Å². The summed E-state index contributed by atoms with van der Waals surface area (Å²) in [5.41, 5.74) is 0. The molecule has 1 aromatic rings. The van der Waals surface area contributed by atoms with E-state index in [-0.39, 0.29) is 16.6 Å². The summed E-state index contributed by atoms with van der Waals surface area (Å²) in [4.78, 5) is 17.2. The van der Waals surface area contributed by atoms with E-state index in [4.69, 9.17) is 0 Å². The van der Waals surface area contributed by atoms with Gasteiger partial charge in [-0.25, -0.2) is 13.4 Å². The lowest BCUT2D eigenvalue weighted by Crippen LogP contribution is -2.37. The molecule has 0 saturated carbocycles. The second-order valence-electron chi connectivity index (χ2n) is 4.22. The van der Waals surface area contributed by atoms with Crippen LogP contribution in [0.3, 0.4) is 0 Å². The van der Waals surface area contributed by atoms with E-state index < -0.39 is 15.9 Å². The van der Waals surface area contributed by atoms with E-state index in [1.807, 2.05) is 0 Å². The average molecular weight is 271 g/mol. The number of likely N-dealkylation sites (N-methyl/N-ethyl adjacent to an activating group) is 1. The van der Waals surface area contributed by atoms with Crippen LogP contribution >= 0.6 is 0 Å². The van der Waals surface area contributed by atoms with E-state index in [0.717, 1.165) is 6.26 Å². The topological polar surface area (TPSA) is 79.4 Å². The summed E-state index contributed by atoms with van der Waals surface area (Å²) in [6.45, 7) is 1.66. The fourth-order valence-corrected chi connectivity index (χ4v) is 2.24. The first-order valence-electron chi connectivity index (χ1n) is 5.36. The minimum Gasteiger partial charge on any atom is -0.358 e. The fourth-order valence-electron chi connectivity index (χ4n) is 1.45. The van der Waals surface area contributed by atoms with Crippen molar-refractivity contribution in [2.24, 2.45) is 0 Å². The summed E-state index contributed by atoms with van der Waals surface area (Å²) in [6, 6.07) is 2.45. The first kappa shape index (κ1) is 14.4. The molecule has 18 heavy (non-hydrogen) atoms. The number of amides is 1. The molecule has 1 atom stereocenters. The average Bonchev–Trinajstić information content (AvgIpc) is 2.27. The lowest BCUT2D eigenvalue weighted by Gasteiger charge is -2.19. The molecule has 1 N–H and O–H groups in total. The number of nitrogens with zero attached hydrogens (tertiary/aromatic N) is 2. The van der Waals surface area contributed by atoms with Crippen LogP contribution in [0.2, 0.25) is 0 Å². The Labute approximate surface area is 107 Å². The van der Waals surface area contributed by atoms with Crippen LogP contribution in [0.1, 0.15) is 6.92 Å². The maximum atomic E-state index is 11.7. The Bertz CT molecular complexity index is 540. The van der Waals surface area contributed by atoms with Crippen molar-refractivity contribution in [2.75, 3.05) is 25.7 Å². The van der Waals surface area contributed by atoms with Gasteiger partial charge in [-0.3, -0.25) is 4.79 Å². The molecule has 1 rings (SSSR count). The molecule has 0 aliphatic carbocycles. The van der Waals surface area contributed by atoms with Crippen LogP contribution in [0.15, 0.2) is 23.2 Å². The maximum absolute atomic E-state index is 11.7. The summed E-state index contributed by atoms with van der Waals surface area (Å²) in [7, 11) is -0.104. The number of nitrogens with one attached hydrogen (secondary N) is 1. The molecule has 100 valence electrons. The van der Waals surface area contributed by atoms with Crippen molar-refractivity contribution in [1.82, 2.24) is 9.88 Å². The first-order valence-corrected chi connectivity index (χ1v) is 7.25. The highest BCUT2D eigenvalue weighted by atomic mass is 32.2. The second-order valence-corrected chi connectivity index (χ2v) is 6.21. The molecular weight excluding hydrogens is 254 g/mol. The zero-order valence-corrected chi connectivity index (χ0v) is 11.7. The van der Waals surface area contributed by atoms with Crippen molar-refractivity contribution in [2.45, 2.75) is 17.9 Å². The van der Waals surface area contributed by atoms with Gasteiger partial charge in [-0.1, -0.05) is 0 Å². The van der Waals surface area contributed by atoms with Crippen molar-refractivity contribution >= 4 is 21.6 Å². The van der Waals surface area contributed by atoms with Crippen molar-refractivity contribution in [3.8, 4) is 0 Å². The molecular formula is C11H17N3O3S.